The van der Waals surface area contributed by atoms with Gasteiger partial charge in [-0.1, -0.05) is 0 Å². The first-order valence-electron chi connectivity index (χ1n) is 11.3. The van der Waals surface area contributed by atoms with E-state index in [-0.39, 0.29) is 11.4 Å². The monoisotopic (exact) mass is 414 g/mol. The lowest BCUT2D eigenvalue weighted by atomic mass is 9.80. The van der Waals surface area contributed by atoms with Gasteiger partial charge in [-0.2, -0.15) is 0 Å². The number of ether oxygens (including phenoxy) is 2. The summed E-state index contributed by atoms with van der Waals surface area (Å²) in [5.74, 6) is 0.904. The number of carbonyl (C=O) groups excluding carboxylic acids is 1. The number of amides is 1. The Labute approximate surface area is 179 Å². The molecule has 0 saturated carbocycles. The minimum absolute atomic E-state index is 0.0815. The van der Waals surface area contributed by atoms with E-state index in [4.69, 9.17) is 9.47 Å². The molecule has 1 spiro atoms. The number of piperidine rings is 1. The van der Waals surface area contributed by atoms with E-state index in [1.54, 1.807) is 7.11 Å². The zero-order valence-corrected chi connectivity index (χ0v) is 18.3. The van der Waals surface area contributed by atoms with Crippen LogP contribution in [0.15, 0.2) is 24.3 Å². The Morgan fingerprint density at radius 1 is 1.07 bits per heavy atom. The smallest absolute Gasteiger partial charge is 0.253 e. The summed E-state index contributed by atoms with van der Waals surface area (Å²) < 4.78 is 11.0. The second kappa shape index (κ2) is 8.11. The average molecular weight is 415 g/mol. The van der Waals surface area contributed by atoms with E-state index >= 15 is 0 Å². The van der Waals surface area contributed by atoms with Crippen molar-refractivity contribution >= 4 is 5.91 Å². The van der Waals surface area contributed by atoms with Crippen LogP contribution in [-0.2, 0) is 4.74 Å². The van der Waals surface area contributed by atoms with Crippen molar-refractivity contribution in [1.82, 2.24) is 19.6 Å². The molecule has 1 aromatic rings. The molecule has 0 bridgehead atoms. The van der Waals surface area contributed by atoms with Gasteiger partial charge >= 0.3 is 0 Å². The summed E-state index contributed by atoms with van der Waals surface area (Å²) in [6.45, 7) is 8.61. The molecule has 7 nitrogen and oxygen atoms in total. The molecule has 164 valence electrons. The first-order chi connectivity index (χ1) is 14.6. The molecule has 30 heavy (non-hydrogen) atoms. The lowest BCUT2D eigenvalue weighted by Gasteiger charge is -2.65. The summed E-state index contributed by atoms with van der Waals surface area (Å²) in [6.07, 6.45) is 2.52. The Balaban J connectivity index is 1.31. The van der Waals surface area contributed by atoms with E-state index in [1.807, 2.05) is 24.3 Å². The van der Waals surface area contributed by atoms with Crippen LogP contribution in [0.4, 0.5) is 0 Å². The highest BCUT2D eigenvalue weighted by molar-refractivity contribution is 5.94. The Kier molecular flexibility index (Phi) is 5.47. The standard InChI is InChI=1S/C23H34N4O3/c1-24-9-7-19(8-10-24)26-16-23(17-26)15-25(13-20-14-30-12-11-27(20)23)22(28)18-3-5-21(29-2)6-4-18/h3-6,19-20H,7-17H2,1-2H3. The fourth-order valence-electron chi connectivity index (χ4n) is 5.88. The van der Waals surface area contributed by atoms with Crippen LogP contribution in [-0.4, -0.2) is 116 Å². The van der Waals surface area contributed by atoms with E-state index < -0.39 is 0 Å². The van der Waals surface area contributed by atoms with Crippen molar-refractivity contribution in [3.05, 3.63) is 29.8 Å². The first-order valence-corrected chi connectivity index (χ1v) is 11.3. The maximum atomic E-state index is 13.3. The number of methoxy groups -OCH3 is 1. The Bertz CT molecular complexity index is 756. The summed E-state index contributed by atoms with van der Waals surface area (Å²) in [7, 11) is 3.87. The zero-order chi connectivity index (χ0) is 20.7. The minimum Gasteiger partial charge on any atom is -0.497 e. The van der Waals surface area contributed by atoms with Gasteiger partial charge in [0.05, 0.1) is 31.9 Å². The van der Waals surface area contributed by atoms with Crippen molar-refractivity contribution in [3.8, 4) is 5.75 Å². The van der Waals surface area contributed by atoms with Gasteiger partial charge in [-0.3, -0.25) is 14.6 Å². The molecular formula is C23H34N4O3. The zero-order valence-electron chi connectivity index (χ0n) is 18.3. The molecule has 5 rings (SSSR count). The number of morpholine rings is 1. The van der Waals surface area contributed by atoms with E-state index in [1.165, 1.54) is 25.9 Å². The predicted octanol–water partition coefficient (Wildman–Crippen LogP) is 1.00. The van der Waals surface area contributed by atoms with Crippen LogP contribution in [0.1, 0.15) is 23.2 Å². The lowest BCUT2D eigenvalue weighted by Crippen LogP contribution is -2.82. The number of likely N-dealkylation sites (tertiary alicyclic amines) is 2. The molecule has 1 amide bonds. The molecule has 0 radical (unpaired) electrons. The summed E-state index contributed by atoms with van der Waals surface area (Å²) in [6, 6.07) is 8.49. The van der Waals surface area contributed by atoms with E-state index in [9.17, 15) is 4.79 Å². The van der Waals surface area contributed by atoms with Crippen molar-refractivity contribution in [2.45, 2.75) is 30.5 Å². The highest BCUT2D eigenvalue weighted by Gasteiger charge is 2.56. The fraction of sp³-hybridized carbons (Fsp3) is 0.696. The Morgan fingerprint density at radius 2 is 1.80 bits per heavy atom. The number of carbonyl (C=O) groups is 1. The number of benzene rings is 1. The van der Waals surface area contributed by atoms with Crippen LogP contribution in [0.2, 0.25) is 0 Å². The second-order valence-corrected chi connectivity index (χ2v) is 9.50. The third-order valence-electron chi connectivity index (χ3n) is 7.58. The molecule has 1 atom stereocenters. The van der Waals surface area contributed by atoms with E-state index in [2.05, 4.69) is 26.6 Å². The van der Waals surface area contributed by atoms with Gasteiger partial charge in [0.15, 0.2) is 0 Å². The minimum atomic E-state index is 0.0815. The summed E-state index contributed by atoms with van der Waals surface area (Å²) in [5, 5.41) is 0. The van der Waals surface area contributed by atoms with Crippen molar-refractivity contribution in [2.24, 2.45) is 0 Å². The molecule has 4 fully saturated rings. The summed E-state index contributed by atoms with van der Waals surface area (Å²) >= 11 is 0. The quantitative estimate of drug-likeness (QED) is 0.736. The highest BCUT2D eigenvalue weighted by atomic mass is 16.5. The number of nitrogens with zero attached hydrogens (tertiary/aromatic N) is 4. The van der Waals surface area contributed by atoms with Crippen LogP contribution >= 0.6 is 0 Å². The molecule has 1 unspecified atom stereocenters. The normalized spacial score (nSPS) is 28.2. The van der Waals surface area contributed by atoms with Gasteiger partial charge in [-0.25, -0.2) is 0 Å². The Morgan fingerprint density at radius 3 is 2.50 bits per heavy atom. The lowest BCUT2D eigenvalue weighted by molar-refractivity contribution is -0.169. The molecule has 4 heterocycles. The van der Waals surface area contributed by atoms with Crippen LogP contribution < -0.4 is 4.74 Å². The summed E-state index contributed by atoms with van der Waals surface area (Å²) in [4.78, 5) is 23.2. The SMILES string of the molecule is COc1ccc(C(=O)N2CC3COCCN3C3(C2)CN(C2CCN(C)CC2)C3)cc1. The molecule has 4 saturated heterocycles. The molecule has 0 aliphatic carbocycles. The van der Waals surface area contributed by atoms with Crippen molar-refractivity contribution in [1.29, 1.82) is 0 Å². The predicted molar refractivity (Wildman–Crippen MR) is 115 cm³/mol. The number of hydrogen-bond acceptors (Lipinski definition) is 6. The molecule has 0 N–H and O–H groups in total. The van der Waals surface area contributed by atoms with Gasteiger partial charge in [0, 0.05) is 44.3 Å². The van der Waals surface area contributed by atoms with Crippen molar-refractivity contribution < 1.29 is 14.3 Å². The topological polar surface area (TPSA) is 48.5 Å². The third kappa shape index (κ3) is 3.62. The van der Waals surface area contributed by atoms with Crippen LogP contribution in [0.3, 0.4) is 0 Å². The molecule has 0 aromatic heterocycles. The molecule has 4 aliphatic heterocycles. The first kappa shape index (κ1) is 20.2. The largest absolute Gasteiger partial charge is 0.497 e. The van der Waals surface area contributed by atoms with Crippen molar-refractivity contribution in [3.63, 3.8) is 0 Å². The van der Waals surface area contributed by atoms with Gasteiger partial charge in [-0.05, 0) is 57.2 Å². The van der Waals surface area contributed by atoms with Crippen molar-refractivity contribution in [2.75, 3.05) is 73.2 Å². The third-order valence-corrected chi connectivity index (χ3v) is 7.58. The molecule has 4 aliphatic rings. The fourth-order valence-corrected chi connectivity index (χ4v) is 5.88. The second-order valence-electron chi connectivity index (χ2n) is 9.50. The van der Waals surface area contributed by atoms with Gasteiger partial charge in [-0.15, -0.1) is 0 Å². The molecular weight excluding hydrogens is 380 g/mol. The summed E-state index contributed by atoms with van der Waals surface area (Å²) in [5.41, 5.74) is 0.820. The van der Waals surface area contributed by atoms with E-state index in [0.29, 0.717) is 12.1 Å². The van der Waals surface area contributed by atoms with Gasteiger partial charge in [0.1, 0.15) is 5.75 Å². The van der Waals surface area contributed by atoms with Crippen LogP contribution in [0.5, 0.6) is 5.75 Å². The maximum Gasteiger partial charge on any atom is 0.253 e. The number of fused-ring (bicyclic) bond motifs is 2. The van der Waals surface area contributed by atoms with Gasteiger partial charge < -0.3 is 19.3 Å². The van der Waals surface area contributed by atoms with Crippen LogP contribution in [0.25, 0.3) is 0 Å². The molecule has 7 heteroatoms. The van der Waals surface area contributed by atoms with Gasteiger partial charge in [0.25, 0.3) is 5.91 Å². The highest BCUT2D eigenvalue weighted by Crippen LogP contribution is 2.38. The van der Waals surface area contributed by atoms with Crippen LogP contribution in [0, 0.1) is 0 Å². The Hall–Kier alpha value is -1.67. The van der Waals surface area contributed by atoms with Gasteiger partial charge in [0.2, 0.25) is 0 Å². The molecule has 1 aromatic carbocycles. The maximum absolute atomic E-state index is 13.3. The number of hydrogen-bond donors (Lipinski definition) is 0. The number of rotatable bonds is 3. The number of piperazine rings is 1. The van der Waals surface area contributed by atoms with E-state index in [0.717, 1.165) is 57.3 Å². The average Bonchev–Trinajstić information content (AvgIpc) is 2.77.